The Morgan fingerprint density at radius 2 is 1.67 bits per heavy atom. The fourth-order valence-corrected chi connectivity index (χ4v) is 11.2. The van der Waals surface area contributed by atoms with E-state index in [1.54, 1.807) is 0 Å². The predicted octanol–water partition coefficient (Wildman–Crippen LogP) is 4.00. The number of aliphatic hydroxyl groups is 4. The van der Waals surface area contributed by atoms with Gasteiger partial charge in [-0.3, -0.25) is 4.79 Å². The zero-order valence-electron chi connectivity index (χ0n) is 23.0. The van der Waals surface area contributed by atoms with Gasteiger partial charge in [0.2, 0.25) is 0 Å². The van der Waals surface area contributed by atoms with Crippen LogP contribution in [0.4, 0.5) is 0 Å². The molecule has 0 spiro atoms. The Hall–Kier alpha value is -0.950. The van der Waals surface area contributed by atoms with Crippen LogP contribution in [0.3, 0.4) is 0 Å². The average Bonchev–Trinajstić information content (AvgIpc) is 2.80. The van der Waals surface area contributed by atoms with Crippen molar-refractivity contribution in [2.45, 2.75) is 105 Å². The van der Waals surface area contributed by atoms with Crippen LogP contribution in [-0.2, 0) is 4.79 Å². The topological polar surface area (TPSA) is 118 Å². The first kappa shape index (κ1) is 26.6. The molecule has 6 heteroatoms. The molecule has 4 fully saturated rings. The molecule has 0 heterocycles. The molecule has 0 amide bonds. The minimum atomic E-state index is -1.08. The molecule has 0 bridgehead atoms. The zero-order chi connectivity index (χ0) is 26.6. The number of carboxylic acid groups (broad SMARTS) is 1. The van der Waals surface area contributed by atoms with Gasteiger partial charge in [0.05, 0.1) is 30.3 Å². The second-order valence-corrected chi connectivity index (χ2v) is 14.6. The zero-order valence-corrected chi connectivity index (χ0v) is 23.0. The van der Waals surface area contributed by atoms with Crippen LogP contribution in [0.15, 0.2) is 11.6 Å². The van der Waals surface area contributed by atoms with Crippen molar-refractivity contribution in [2.75, 3.05) is 6.61 Å². The Morgan fingerprint density at radius 3 is 2.28 bits per heavy atom. The van der Waals surface area contributed by atoms with Crippen LogP contribution in [-0.4, -0.2) is 56.4 Å². The third kappa shape index (κ3) is 2.96. The summed E-state index contributed by atoms with van der Waals surface area (Å²) >= 11 is 0. The van der Waals surface area contributed by atoms with Crippen molar-refractivity contribution in [3.05, 3.63) is 11.6 Å². The highest BCUT2D eigenvalue weighted by atomic mass is 16.4. The van der Waals surface area contributed by atoms with E-state index in [4.69, 9.17) is 0 Å². The van der Waals surface area contributed by atoms with Crippen LogP contribution in [0, 0.1) is 56.7 Å². The first-order chi connectivity index (χ1) is 16.6. The van der Waals surface area contributed by atoms with E-state index in [0.717, 1.165) is 25.7 Å². The van der Waals surface area contributed by atoms with E-state index in [2.05, 4.69) is 40.7 Å². The third-order valence-electron chi connectivity index (χ3n) is 13.4. The Bertz CT molecular complexity index is 963. The number of hydrogen-bond donors (Lipinski definition) is 5. The number of rotatable bonds is 2. The van der Waals surface area contributed by atoms with Gasteiger partial charge in [0, 0.05) is 11.3 Å². The first-order valence-electron chi connectivity index (χ1n) is 14.2. The highest BCUT2D eigenvalue weighted by Crippen LogP contribution is 2.75. The van der Waals surface area contributed by atoms with E-state index in [9.17, 15) is 30.3 Å². The number of aliphatic carboxylic acids is 1. The van der Waals surface area contributed by atoms with Crippen molar-refractivity contribution < 1.29 is 30.3 Å². The highest BCUT2D eigenvalue weighted by Gasteiger charge is 2.72. The lowest BCUT2D eigenvalue weighted by Crippen LogP contribution is -2.71. The standard InChI is InChI=1S/C30H48O6/c1-16-9-10-30(25(35)36)12-11-28(5)18(22(30)17(16)2)7-8-21-26(3)13-20(33)24(34)27(4,15-31)23(26)19(32)14-29(21,28)6/h7,16-17,19-24,31-34H,8-15H2,1-6H3,(H,35,36)/t16-,17+,19-,20-,21-,22+,23?,24+,26-,27?,28-,29-,30+/m1/s1. The van der Waals surface area contributed by atoms with Gasteiger partial charge in [0.15, 0.2) is 0 Å². The monoisotopic (exact) mass is 504 g/mol. The molecule has 4 saturated carbocycles. The van der Waals surface area contributed by atoms with Crippen molar-refractivity contribution in [1.82, 2.24) is 0 Å². The van der Waals surface area contributed by atoms with Crippen molar-refractivity contribution in [2.24, 2.45) is 56.7 Å². The molecule has 5 rings (SSSR count). The van der Waals surface area contributed by atoms with E-state index in [0.29, 0.717) is 25.2 Å². The van der Waals surface area contributed by atoms with Crippen molar-refractivity contribution in [3.63, 3.8) is 0 Å². The summed E-state index contributed by atoms with van der Waals surface area (Å²) in [6.07, 6.45) is 4.44. The number of hydrogen-bond acceptors (Lipinski definition) is 5. The maximum absolute atomic E-state index is 12.8. The van der Waals surface area contributed by atoms with E-state index >= 15 is 0 Å². The molecule has 5 aliphatic rings. The maximum atomic E-state index is 12.8. The van der Waals surface area contributed by atoms with Gasteiger partial charge in [-0.2, -0.15) is 0 Å². The minimum Gasteiger partial charge on any atom is -0.481 e. The molecule has 5 N–H and O–H groups in total. The fourth-order valence-electron chi connectivity index (χ4n) is 11.2. The molecule has 2 unspecified atom stereocenters. The van der Waals surface area contributed by atoms with Crippen LogP contribution in [0.5, 0.6) is 0 Å². The van der Waals surface area contributed by atoms with Crippen LogP contribution in [0.1, 0.15) is 86.5 Å². The largest absolute Gasteiger partial charge is 0.481 e. The SMILES string of the molecule is C[C@H]1[C@H](C)CC[C@]2(C(=O)O)CC[C@]3(C)C(=CC[C@@H]4[C@@]5(C)C[C@@H](O)[C@H](O)C(C)(CO)C5[C@H](O)C[C@]43C)[C@H]12. The summed E-state index contributed by atoms with van der Waals surface area (Å²) in [5.41, 5.74) is -1.41. The van der Waals surface area contributed by atoms with E-state index in [-0.39, 0.29) is 41.1 Å². The molecule has 0 aromatic rings. The van der Waals surface area contributed by atoms with Crippen molar-refractivity contribution >= 4 is 5.97 Å². The normalized spacial score (nSPS) is 58.6. The summed E-state index contributed by atoms with van der Waals surface area (Å²) in [7, 11) is 0. The second kappa shape index (κ2) is 8.03. The van der Waals surface area contributed by atoms with Crippen molar-refractivity contribution in [3.8, 4) is 0 Å². The molecule has 0 aromatic carbocycles. The van der Waals surface area contributed by atoms with Gasteiger partial charge in [-0.15, -0.1) is 0 Å². The Labute approximate surface area is 216 Å². The second-order valence-electron chi connectivity index (χ2n) is 14.6. The summed E-state index contributed by atoms with van der Waals surface area (Å²) < 4.78 is 0. The molecule has 36 heavy (non-hydrogen) atoms. The van der Waals surface area contributed by atoms with Gasteiger partial charge in [-0.25, -0.2) is 0 Å². The van der Waals surface area contributed by atoms with Gasteiger partial charge in [-0.1, -0.05) is 53.2 Å². The van der Waals surface area contributed by atoms with Crippen LogP contribution in [0.25, 0.3) is 0 Å². The van der Waals surface area contributed by atoms with E-state index < -0.39 is 40.5 Å². The summed E-state index contributed by atoms with van der Waals surface area (Å²) in [4.78, 5) is 12.8. The quantitative estimate of drug-likeness (QED) is 0.363. The average molecular weight is 505 g/mol. The number of carboxylic acids is 1. The fraction of sp³-hybridized carbons (Fsp3) is 0.900. The molecule has 5 aliphatic carbocycles. The number of allylic oxidation sites excluding steroid dienone is 2. The third-order valence-corrected chi connectivity index (χ3v) is 13.4. The van der Waals surface area contributed by atoms with Crippen LogP contribution in [0.2, 0.25) is 0 Å². The molecule has 0 saturated heterocycles. The minimum absolute atomic E-state index is 0.000534. The Morgan fingerprint density at radius 1 is 1.00 bits per heavy atom. The van der Waals surface area contributed by atoms with Crippen molar-refractivity contribution in [1.29, 1.82) is 0 Å². The lowest BCUT2D eigenvalue weighted by atomic mass is 9.32. The molecular weight excluding hydrogens is 456 g/mol. The highest BCUT2D eigenvalue weighted by molar-refractivity contribution is 5.76. The maximum Gasteiger partial charge on any atom is 0.310 e. The Kier molecular flexibility index (Phi) is 5.95. The Balaban J connectivity index is 1.65. The molecule has 0 aromatic heterocycles. The summed E-state index contributed by atoms with van der Waals surface area (Å²) in [5, 5.41) is 54.7. The summed E-state index contributed by atoms with van der Waals surface area (Å²) in [6, 6.07) is 0. The molecule has 0 radical (unpaired) electrons. The lowest BCUT2D eigenvalue weighted by molar-refractivity contribution is -0.273. The first-order valence-corrected chi connectivity index (χ1v) is 14.2. The van der Waals surface area contributed by atoms with E-state index in [1.807, 2.05) is 6.92 Å². The smallest absolute Gasteiger partial charge is 0.310 e. The number of aliphatic hydroxyl groups excluding tert-OH is 4. The lowest BCUT2D eigenvalue weighted by Gasteiger charge is -2.72. The molecule has 13 atom stereocenters. The van der Waals surface area contributed by atoms with Gasteiger partial charge in [0.1, 0.15) is 0 Å². The van der Waals surface area contributed by atoms with Gasteiger partial charge < -0.3 is 25.5 Å². The summed E-state index contributed by atoms with van der Waals surface area (Å²) in [5.74, 6) is -0.0914. The van der Waals surface area contributed by atoms with Gasteiger partial charge >= 0.3 is 5.97 Å². The molecule has 204 valence electrons. The molecule has 6 nitrogen and oxygen atoms in total. The number of carbonyl (C=O) groups is 1. The number of fused-ring (bicyclic) bond motifs is 7. The van der Waals surface area contributed by atoms with E-state index in [1.165, 1.54) is 5.57 Å². The molecule has 0 aliphatic heterocycles. The molecular formula is C30H48O6. The predicted molar refractivity (Wildman–Crippen MR) is 137 cm³/mol. The van der Waals surface area contributed by atoms with Gasteiger partial charge in [0.25, 0.3) is 0 Å². The summed E-state index contributed by atoms with van der Waals surface area (Å²) in [6.45, 7) is 12.8. The van der Waals surface area contributed by atoms with Crippen LogP contribution >= 0.6 is 0 Å². The van der Waals surface area contributed by atoms with Gasteiger partial charge in [-0.05, 0) is 84.9 Å². The van der Waals surface area contributed by atoms with Crippen LogP contribution < -0.4 is 0 Å².